The summed E-state index contributed by atoms with van der Waals surface area (Å²) in [5.41, 5.74) is 1.00. The highest BCUT2D eigenvalue weighted by atomic mass is 32.1. The van der Waals surface area contributed by atoms with Crippen LogP contribution in [0.3, 0.4) is 0 Å². The predicted octanol–water partition coefficient (Wildman–Crippen LogP) is 0.985. The first-order chi connectivity index (χ1) is 6.00. The molecule has 1 aromatic rings. The van der Waals surface area contributed by atoms with E-state index >= 15 is 0 Å². The van der Waals surface area contributed by atoms with Crippen LogP contribution in [0.25, 0.3) is 0 Å². The second kappa shape index (κ2) is 3.83. The highest BCUT2D eigenvalue weighted by molar-refractivity contribution is 7.81. The molecule has 1 heterocycles. The summed E-state index contributed by atoms with van der Waals surface area (Å²) in [4.78, 5) is 11.2. The van der Waals surface area contributed by atoms with Crippen LogP contribution in [0.5, 0.6) is 0 Å². The number of aryl methyl sites for hydroxylation is 2. The molecule has 1 atom stereocenters. The third kappa shape index (κ3) is 2.48. The van der Waals surface area contributed by atoms with Crippen molar-refractivity contribution in [2.24, 2.45) is 7.05 Å². The molecule has 4 nitrogen and oxygen atoms in total. The highest BCUT2D eigenvalue weighted by Crippen LogP contribution is 2.07. The van der Waals surface area contributed by atoms with Crippen LogP contribution in [0.15, 0.2) is 6.07 Å². The number of anilines is 1. The minimum absolute atomic E-state index is 0.138. The van der Waals surface area contributed by atoms with Crippen molar-refractivity contribution >= 4 is 24.4 Å². The average Bonchev–Trinajstić information content (AvgIpc) is 2.31. The van der Waals surface area contributed by atoms with E-state index in [0.29, 0.717) is 5.82 Å². The van der Waals surface area contributed by atoms with E-state index in [2.05, 4.69) is 23.0 Å². The molecular weight excluding hydrogens is 186 g/mol. The highest BCUT2D eigenvalue weighted by Gasteiger charge is 2.09. The molecule has 0 aliphatic heterocycles. The number of carbonyl (C=O) groups is 1. The predicted molar refractivity (Wildman–Crippen MR) is 55.0 cm³/mol. The van der Waals surface area contributed by atoms with E-state index in [0.717, 1.165) is 5.69 Å². The molecule has 13 heavy (non-hydrogen) atoms. The number of thiol groups is 1. The molecule has 0 aromatic carbocycles. The molecule has 0 spiro atoms. The van der Waals surface area contributed by atoms with Gasteiger partial charge in [0.2, 0.25) is 5.91 Å². The summed E-state index contributed by atoms with van der Waals surface area (Å²) < 4.78 is 1.71. The Morgan fingerprint density at radius 3 is 2.77 bits per heavy atom. The van der Waals surface area contributed by atoms with E-state index in [1.807, 2.05) is 20.0 Å². The third-order valence-corrected chi connectivity index (χ3v) is 1.98. The Balaban J connectivity index is 2.70. The zero-order valence-electron chi connectivity index (χ0n) is 7.90. The van der Waals surface area contributed by atoms with Gasteiger partial charge < -0.3 is 5.32 Å². The summed E-state index contributed by atoms with van der Waals surface area (Å²) in [6, 6.07) is 1.81. The lowest BCUT2D eigenvalue weighted by Crippen LogP contribution is -2.20. The average molecular weight is 199 g/mol. The largest absolute Gasteiger partial charge is 0.308 e. The van der Waals surface area contributed by atoms with Gasteiger partial charge in [0.15, 0.2) is 5.82 Å². The van der Waals surface area contributed by atoms with Gasteiger partial charge in [-0.15, -0.1) is 0 Å². The summed E-state index contributed by atoms with van der Waals surface area (Å²) in [7, 11) is 1.83. The number of carbonyl (C=O) groups excluding carboxylic acids is 1. The molecular formula is C8H13N3OS. The zero-order valence-corrected chi connectivity index (χ0v) is 8.80. The molecule has 0 saturated carbocycles. The smallest absolute Gasteiger partial charge is 0.238 e. The Labute approximate surface area is 82.7 Å². The van der Waals surface area contributed by atoms with E-state index in [1.54, 1.807) is 11.6 Å². The van der Waals surface area contributed by atoms with Crippen molar-refractivity contribution in [1.82, 2.24) is 9.78 Å². The molecule has 0 aliphatic carbocycles. The topological polar surface area (TPSA) is 46.9 Å². The quantitative estimate of drug-likeness (QED) is 0.698. The third-order valence-electron chi connectivity index (χ3n) is 1.74. The van der Waals surface area contributed by atoms with Crippen LogP contribution < -0.4 is 5.32 Å². The molecule has 1 amide bonds. The number of amides is 1. The standard InChI is InChI=1S/C8H13N3OS/c1-5-4-7(10-11(5)3)9-8(12)6(2)13/h4,6,13H,1-3H3,(H,9,10,12). The lowest BCUT2D eigenvalue weighted by Gasteiger charge is -2.02. The molecule has 0 aliphatic rings. The van der Waals surface area contributed by atoms with Gasteiger partial charge in [0.25, 0.3) is 0 Å². The fraction of sp³-hybridized carbons (Fsp3) is 0.500. The summed E-state index contributed by atoms with van der Waals surface area (Å²) in [6.07, 6.45) is 0. The molecule has 0 saturated heterocycles. The minimum Gasteiger partial charge on any atom is -0.308 e. The molecule has 0 fully saturated rings. The van der Waals surface area contributed by atoms with Gasteiger partial charge in [0.05, 0.1) is 5.25 Å². The van der Waals surface area contributed by atoms with Crippen molar-refractivity contribution in [2.75, 3.05) is 5.32 Å². The maximum atomic E-state index is 11.2. The van der Waals surface area contributed by atoms with Crippen molar-refractivity contribution in [2.45, 2.75) is 19.1 Å². The van der Waals surface area contributed by atoms with Crippen LogP contribution in [-0.4, -0.2) is 20.9 Å². The van der Waals surface area contributed by atoms with Gasteiger partial charge in [-0.25, -0.2) is 0 Å². The van der Waals surface area contributed by atoms with Crippen LogP contribution in [0.2, 0.25) is 0 Å². The Bertz CT molecular complexity index is 300. The van der Waals surface area contributed by atoms with Gasteiger partial charge in [-0.1, -0.05) is 0 Å². The fourth-order valence-electron chi connectivity index (χ4n) is 0.852. The summed E-state index contributed by atoms with van der Waals surface area (Å²) in [6.45, 7) is 3.64. The monoisotopic (exact) mass is 199 g/mol. The van der Waals surface area contributed by atoms with Crippen molar-refractivity contribution in [3.63, 3.8) is 0 Å². The fourth-order valence-corrected chi connectivity index (χ4v) is 0.917. The van der Waals surface area contributed by atoms with Crippen LogP contribution in [0.4, 0.5) is 5.82 Å². The zero-order chi connectivity index (χ0) is 10.0. The first-order valence-corrected chi connectivity index (χ1v) is 4.52. The summed E-state index contributed by atoms with van der Waals surface area (Å²) in [5, 5.41) is 6.42. The Morgan fingerprint density at radius 2 is 2.38 bits per heavy atom. The van der Waals surface area contributed by atoms with Crippen LogP contribution in [0, 0.1) is 6.92 Å². The Morgan fingerprint density at radius 1 is 1.77 bits per heavy atom. The Hall–Kier alpha value is -0.970. The van der Waals surface area contributed by atoms with E-state index in [4.69, 9.17) is 0 Å². The lowest BCUT2D eigenvalue weighted by molar-refractivity contribution is -0.115. The molecule has 72 valence electrons. The van der Waals surface area contributed by atoms with E-state index < -0.39 is 0 Å². The maximum Gasteiger partial charge on any atom is 0.238 e. The van der Waals surface area contributed by atoms with Gasteiger partial charge in [-0.3, -0.25) is 9.48 Å². The van der Waals surface area contributed by atoms with E-state index in [-0.39, 0.29) is 11.2 Å². The number of rotatable bonds is 2. The van der Waals surface area contributed by atoms with Gasteiger partial charge in [-0.2, -0.15) is 17.7 Å². The normalized spacial score (nSPS) is 12.6. The number of aromatic nitrogens is 2. The lowest BCUT2D eigenvalue weighted by atomic mass is 10.4. The van der Waals surface area contributed by atoms with Gasteiger partial charge in [0.1, 0.15) is 0 Å². The summed E-state index contributed by atoms with van der Waals surface area (Å²) in [5.74, 6) is 0.437. The molecule has 1 rings (SSSR count). The molecule has 1 N–H and O–H groups in total. The first-order valence-electron chi connectivity index (χ1n) is 4.00. The molecule has 5 heteroatoms. The van der Waals surface area contributed by atoms with Crippen molar-refractivity contribution in [3.05, 3.63) is 11.8 Å². The van der Waals surface area contributed by atoms with Gasteiger partial charge in [-0.05, 0) is 13.8 Å². The number of nitrogens with zero attached hydrogens (tertiary/aromatic N) is 2. The molecule has 0 bridgehead atoms. The van der Waals surface area contributed by atoms with E-state index in [9.17, 15) is 4.79 Å². The van der Waals surface area contributed by atoms with Gasteiger partial charge in [0, 0.05) is 18.8 Å². The minimum atomic E-state index is -0.317. The molecule has 1 aromatic heterocycles. The SMILES string of the molecule is Cc1cc(NC(=O)C(C)S)nn1C. The number of hydrogen-bond donors (Lipinski definition) is 2. The van der Waals surface area contributed by atoms with Gasteiger partial charge >= 0.3 is 0 Å². The maximum absolute atomic E-state index is 11.2. The van der Waals surface area contributed by atoms with Crippen LogP contribution in [-0.2, 0) is 11.8 Å². The Kier molecular flexibility index (Phi) is 2.98. The summed E-state index contributed by atoms with van der Waals surface area (Å²) >= 11 is 4.01. The number of nitrogens with one attached hydrogen (secondary N) is 1. The van der Waals surface area contributed by atoms with Crippen LogP contribution in [0.1, 0.15) is 12.6 Å². The van der Waals surface area contributed by atoms with Crippen molar-refractivity contribution < 1.29 is 4.79 Å². The number of hydrogen-bond acceptors (Lipinski definition) is 3. The van der Waals surface area contributed by atoms with Crippen LogP contribution >= 0.6 is 12.6 Å². The van der Waals surface area contributed by atoms with E-state index in [1.165, 1.54) is 0 Å². The van der Waals surface area contributed by atoms with Crippen molar-refractivity contribution in [3.8, 4) is 0 Å². The first kappa shape index (κ1) is 10.1. The second-order valence-electron chi connectivity index (χ2n) is 2.96. The van der Waals surface area contributed by atoms with Crippen molar-refractivity contribution in [1.29, 1.82) is 0 Å². The second-order valence-corrected chi connectivity index (χ2v) is 3.73. The molecule has 1 unspecified atom stereocenters. The molecule has 0 radical (unpaired) electrons.